The molecular weight excluding hydrogens is 218 g/mol. The number of benzene rings is 1. The fraction of sp³-hybridized carbons (Fsp3) is 0.333. The molecule has 64 valence electrons. The molecule has 0 aliphatic carbocycles. The van der Waals surface area contributed by atoms with Gasteiger partial charge in [0.2, 0.25) is 0 Å². The molecule has 0 atom stereocenters. The lowest BCUT2D eigenvalue weighted by molar-refractivity contribution is 0.289. The average Bonchev–Trinajstić information content (AvgIpc) is 2.12. The first-order chi connectivity index (χ1) is 5.79. The minimum atomic E-state index is 0.814. The second-order valence-corrected chi connectivity index (χ2v) is 3.74. The van der Waals surface area contributed by atoms with Gasteiger partial charge in [-0.25, -0.2) is 0 Å². The van der Waals surface area contributed by atoms with Gasteiger partial charge in [0.1, 0.15) is 5.75 Å². The number of anilines is 1. The Labute approximate surface area is 79.8 Å². The molecule has 0 bridgehead atoms. The summed E-state index contributed by atoms with van der Waals surface area (Å²) in [5.74, 6) is 0.946. The normalized spacial score (nSPS) is 15.1. The number of hydrogen-bond acceptors (Lipinski definition) is 2. The van der Waals surface area contributed by atoms with Crippen molar-refractivity contribution in [2.75, 3.05) is 12.3 Å². The van der Waals surface area contributed by atoms with Gasteiger partial charge in [0.25, 0.3) is 0 Å². The van der Waals surface area contributed by atoms with Crippen molar-refractivity contribution < 1.29 is 4.74 Å². The van der Waals surface area contributed by atoms with E-state index in [2.05, 4.69) is 15.9 Å². The van der Waals surface area contributed by atoms with Gasteiger partial charge in [-0.05, 0) is 40.9 Å². The van der Waals surface area contributed by atoms with Crippen LogP contribution in [0.25, 0.3) is 0 Å². The second-order valence-electron chi connectivity index (χ2n) is 2.89. The van der Waals surface area contributed by atoms with Gasteiger partial charge >= 0.3 is 0 Å². The number of fused-ring (bicyclic) bond motifs is 1. The summed E-state index contributed by atoms with van der Waals surface area (Å²) < 4.78 is 6.42. The first-order valence-electron chi connectivity index (χ1n) is 3.98. The lowest BCUT2D eigenvalue weighted by atomic mass is 10.0. The summed E-state index contributed by atoms with van der Waals surface area (Å²) in [6.07, 6.45) is 2.09. The Hall–Kier alpha value is -0.700. The van der Waals surface area contributed by atoms with Crippen LogP contribution in [0.15, 0.2) is 16.6 Å². The smallest absolute Gasteiger partial charge is 0.124 e. The maximum absolute atomic E-state index is 5.88. The number of rotatable bonds is 0. The SMILES string of the molecule is Nc1c(Br)ccc2c1CCCO2. The van der Waals surface area contributed by atoms with Gasteiger partial charge < -0.3 is 10.5 Å². The van der Waals surface area contributed by atoms with Crippen LogP contribution < -0.4 is 10.5 Å². The Morgan fingerprint density at radius 1 is 1.42 bits per heavy atom. The molecule has 1 aliphatic rings. The fourth-order valence-electron chi connectivity index (χ4n) is 1.44. The molecule has 0 radical (unpaired) electrons. The number of nitrogen functional groups attached to an aromatic ring is 1. The third-order valence-corrected chi connectivity index (χ3v) is 2.78. The van der Waals surface area contributed by atoms with Gasteiger partial charge in [0, 0.05) is 10.0 Å². The summed E-state index contributed by atoms with van der Waals surface area (Å²) in [6.45, 7) is 0.814. The summed E-state index contributed by atoms with van der Waals surface area (Å²) in [5, 5.41) is 0. The topological polar surface area (TPSA) is 35.2 Å². The monoisotopic (exact) mass is 227 g/mol. The van der Waals surface area contributed by atoms with Crippen LogP contribution >= 0.6 is 15.9 Å². The molecule has 1 aromatic carbocycles. The standard InChI is InChI=1S/C9H10BrNO/c10-7-3-4-8-6(9(7)11)2-1-5-12-8/h3-4H,1-2,5,11H2. The number of hydrogen-bond donors (Lipinski definition) is 1. The van der Waals surface area contributed by atoms with Gasteiger partial charge in [-0.1, -0.05) is 0 Å². The third kappa shape index (κ3) is 1.18. The molecule has 0 unspecified atom stereocenters. The maximum Gasteiger partial charge on any atom is 0.124 e. The molecule has 0 aromatic heterocycles. The van der Waals surface area contributed by atoms with Crippen molar-refractivity contribution in [2.45, 2.75) is 12.8 Å². The summed E-state index contributed by atoms with van der Waals surface area (Å²) in [7, 11) is 0. The van der Waals surface area contributed by atoms with Crippen molar-refractivity contribution >= 4 is 21.6 Å². The van der Waals surface area contributed by atoms with E-state index in [0.29, 0.717) is 0 Å². The molecule has 2 rings (SSSR count). The predicted molar refractivity (Wildman–Crippen MR) is 52.4 cm³/mol. The first kappa shape index (κ1) is 7.92. The highest BCUT2D eigenvalue weighted by atomic mass is 79.9. The Morgan fingerprint density at radius 3 is 3.08 bits per heavy atom. The van der Waals surface area contributed by atoms with Crippen LogP contribution in [0.3, 0.4) is 0 Å². The van der Waals surface area contributed by atoms with Crippen LogP contribution in [-0.4, -0.2) is 6.61 Å². The second kappa shape index (κ2) is 2.98. The van der Waals surface area contributed by atoms with Gasteiger partial charge in [-0.15, -0.1) is 0 Å². The molecule has 1 aromatic rings. The van der Waals surface area contributed by atoms with Crippen molar-refractivity contribution in [1.82, 2.24) is 0 Å². The Kier molecular flexibility index (Phi) is 1.97. The molecule has 0 amide bonds. The summed E-state index contributed by atoms with van der Waals surface area (Å²) in [4.78, 5) is 0. The van der Waals surface area contributed by atoms with Crippen molar-refractivity contribution in [1.29, 1.82) is 0 Å². The van der Waals surface area contributed by atoms with Crippen LogP contribution in [0, 0.1) is 0 Å². The molecule has 2 N–H and O–H groups in total. The lowest BCUT2D eigenvalue weighted by Crippen LogP contribution is -2.10. The van der Waals surface area contributed by atoms with E-state index in [-0.39, 0.29) is 0 Å². The predicted octanol–water partition coefficient (Wildman–Crippen LogP) is 2.36. The van der Waals surface area contributed by atoms with Crippen LogP contribution in [0.5, 0.6) is 5.75 Å². The summed E-state index contributed by atoms with van der Waals surface area (Å²) in [6, 6.07) is 3.90. The molecule has 0 fully saturated rings. The van der Waals surface area contributed by atoms with Gasteiger partial charge in [-0.2, -0.15) is 0 Å². The van der Waals surface area contributed by atoms with Crippen LogP contribution in [-0.2, 0) is 6.42 Å². The molecule has 3 heteroatoms. The van der Waals surface area contributed by atoms with Crippen molar-refractivity contribution in [3.63, 3.8) is 0 Å². The molecule has 0 spiro atoms. The molecule has 1 aliphatic heterocycles. The van der Waals surface area contributed by atoms with E-state index in [1.165, 1.54) is 0 Å². The molecule has 12 heavy (non-hydrogen) atoms. The summed E-state index contributed by atoms with van der Waals surface area (Å²) >= 11 is 3.39. The average molecular weight is 228 g/mol. The minimum Gasteiger partial charge on any atom is -0.493 e. The van der Waals surface area contributed by atoms with Gasteiger partial charge in [0.15, 0.2) is 0 Å². The van der Waals surface area contributed by atoms with Crippen molar-refractivity contribution in [2.24, 2.45) is 0 Å². The molecular formula is C9H10BrNO. The highest BCUT2D eigenvalue weighted by Gasteiger charge is 2.14. The fourth-order valence-corrected chi connectivity index (χ4v) is 1.81. The highest BCUT2D eigenvalue weighted by molar-refractivity contribution is 9.10. The Balaban J connectivity index is 2.54. The van der Waals surface area contributed by atoms with E-state index < -0.39 is 0 Å². The largest absolute Gasteiger partial charge is 0.493 e. The quantitative estimate of drug-likeness (QED) is 0.691. The Bertz CT molecular complexity index is 312. The molecule has 0 saturated carbocycles. The van der Waals surface area contributed by atoms with E-state index in [4.69, 9.17) is 10.5 Å². The van der Waals surface area contributed by atoms with Crippen molar-refractivity contribution in [3.8, 4) is 5.75 Å². The van der Waals surface area contributed by atoms with Crippen molar-refractivity contribution in [3.05, 3.63) is 22.2 Å². The highest BCUT2D eigenvalue weighted by Crippen LogP contribution is 2.34. The lowest BCUT2D eigenvalue weighted by Gasteiger charge is -2.19. The van der Waals surface area contributed by atoms with E-state index in [1.54, 1.807) is 0 Å². The van der Waals surface area contributed by atoms with E-state index in [1.807, 2.05) is 12.1 Å². The van der Waals surface area contributed by atoms with Crippen LogP contribution in [0.1, 0.15) is 12.0 Å². The van der Waals surface area contributed by atoms with Gasteiger partial charge in [0.05, 0.1) is 12.3 Å². The number of halogens is 1. The van der Waals surface area contributed by atoms with E-state index in [0.717, 1.165) is 40.9 Å². The zero-order chi connectivity index (χ0) is 8.55. The minimum absolute atomic E-state index is 0.814. The van der Waals surface area contributed by atoms with E-state index in [9.17, 15) is 0 Å². The van der Waals surface area contributed by atoms with Crippen LogP contribution in [0.4, 0.5) is 5.69 Å². The number of ether oxygens (including phenoxy) is 1. The molecule has 1 heterocycles. The molecule has 2 nitrogen and oxygen atoms in total. The van der Waals surface area contributed by atoms with E-state index >= 15 is 0 Å². The zero-order valence-corrected chi connectivity index (χ0v) is 8.23. The van der Waals surface area contributed by atoms with Gasteiger partial charge in [-0.3, -0.25) is 0 Å². The maximum atomic E-state index is 5.88. The summed E-state index contributed by atoms with van der Waals surface area (Å²) in [5.41, 5.74) is 7.85. The third-order valence-electron chi connectivity index (χ3n) is 2.09. The first-order valence-corrected chi connectivity index (χ1v) is 4.78. The molecule has 0 saturated heterocycles. The Morgan fingerprint density at radius 2 is 2.25 bits per heavy atom. The van der Waals surface area contributed by atoms with Crippen LogP contribution in [0.2, 0.25) is 0 Å². The number of nitrogens with two attached hydrogens (primary N) is 1. The zero-order valence-electron chi connectivity index (χ0n) is 6.64.